The molecule has 0 heterocycles. The van der Waals surface area contributed by atoms with Crippen LogP contribution in [0.2, 0.25) is 0 Å². The van der Waals surface area contributed by atoms with Crippen LogP contribution in [0.3, 0.4) is 0 Å². The van der Waals surface area contributed by atoms with Crippen LogP contribution in [0.5, 0.6) is 0 Å². The Morgan fingerprint density at radius 2 is 2.00 bits per heavy atom. The second kappa shape index (κ2) is 3.82. The summed E-state index contributed by atoms with van der Waals surface area (Å²) in [6.45, 7) is 1.61. The fourth-order valence-electron chi connectivity index (χ4n) is 1.07. The van der Waals surface area contributed by atoms with Crippen molar-refractivity contribution in [3.63, 3.8) is 0 Å². The summed E-state index contributed by atoms with van der Waals surface area (Å²) in [5.41, 5.74) is -0.667. The van der Waals surface area contributed by atoms with Crippen LogP contribution in [-0.2, 0) is 6.18 Å². The average Bonchev–Trinajstić information content (AvgIpc) is 2.15. The number of carbonyl (C=O) groups excluding carboxylic acids is 1. The maximum absolute atomic E-state index is 12.2. The Kier molecular flexibility index (Phi) is 2.93. The van der Waals surface area contributed by atoms with Gasteiger partial charge in [0.25, 0.3) is 0 Å². The van der Waals surface area contributed by atoms with Crippen molar-refractivity contribution in [3.8, 4) is 0 Å². The zero-order valence-corrected chi connectivity index (χ0v) is 7.56. The van der Waals surface area contributed by atoms with Gasteiger partial charge < -0.3 is 0 Å². The monoisotopic (exact) mass is 202 g/mol. The summed E-state index contributed by atoms with van der Waals surface area (Å²) in [4.78, 5) is 11.1. The summed E-state index contributed by atoms with van der Waals surface area (Å²) in [6, 6.07) is 4.46. The third-order valence-corrected chi connectivity index (χ3v) is 1.83. The minimum atomic E-state index is -4.38. The van der Waals surface area contributed by atoms with Gasteiger partial charge in [-0.1, -0.05) is 19.1 Å². The van der Waals surface area contributed by atoms with Gasteiger partial charge in [0.1, 0.15) is 0 Å². The van der Waals surface area contributed by atoms with Crippen molar-refractivity contribution in [2.45, 2.75) is 19.5 Å². The maximum Gasteiger partial charge on any atom is 0.416 e. The molecule has 0 saturated heterocycles. The Labute approximate surface area is 79.5 Å². The van der Waals surface area contributed by atoms with E-state index in [0.29, 0.717) is 0 Å². The van der Waals surface area contributed by atoms with E-state index in [1.54, 1.807) is 6.92 Å². The summed E-state index contributed by atoms with van der Waals surface area (Å²) in [6.07, 6.45) is -4.18. The lowest BCUT2D eigenvalue weighted by Crippen LogP contribution is -2.06. The van der Waals surface area contributed by atoms with Gasteiger partial charge in [0, 0.05) is 12.0 Å². The largest absolute Gasteiger partial charge is 0.416 e. The molecular weight excluding hydrogens is 193 g/mol. The molecule has 1 rings (SSSR count). The highest BCUT2D eigenvalue weighted by Crippen LogP contribution is 2.29. The molecule has 0 aliphatic carbocycles. The first-order chi connectivity index (χ1) is 6.45. The van der Waals surface area contributed by atoms with Gasteiger partial charge >= 0.3 is 6.18 Å². The van der Waals surface area contributed by atoms with Crippen molar-refractivity contribution in [3.05, 3.63) is 35.4 Å². The highest BCUT2D eigenvalue weighted by molar-refractivity contribution is 5.95. The second-order valence-electron chi connectivity index (χ2n) is 2.86. The summed E-state index contributed by atoms with van der Waals surface area (Å²) in [5, 5.41) is 0. The highest BCUT2D eigenvalue weighted by atomic mass is 19.4. The zero-order valence-electron chi connectivity index (χ0n) is 7.56. The first-order valence-corrected chi connectivity index (χ1v) is 4.15. The van der Waals surface area contributed by atoms with Crippen LogP contribution in [0, 0.1) is 0 Å². The molecule has 14 heavy (non-hydrogen) atoms. The molecule has 0 fully saturated rings. The molecular formula is C10H9F3O. The lowest BCUT2D eigenvalue weighted by molar-refractivity contribution is -0.137. The minimum Gasteiger partial charge on any atom is -0.294 e. The molecule has 76 valence electrons. The molecule has 0 amide bonds. The molecule has 0 unspecified atom stereocenters. The maximum atomic E-state index is 12.2. The number of rotatable bonds is 2. The van der Waals surface area contributed by atoms with Crippen LogP contribution < -0.4 is 0 Å². The van der Waals surface area contributed by atoms with Gasteiger partial charge in [-0.05, 0) is 12.1 Å². The van der Waals surface area contributed by atoms with Crippen molar-refractivity contribution in [1.29, 1.82) is 0 Å². The quantitative estimate of drug-likeness (QED) is 0.672. The third kappa shape index (κ3) is 2.34. The first kappa shape index (κ1) is 10.8. The summed E-state index contributed by atoms with van der Waals surface area (Å²) < 4.78 is 36.7. The SMILES string of the molecule is CCC(=O)c1cccc(C(F)(F)F)c1. The van der Waals surface area contributed by atoms with Crippen LogP contribution in [0.1, 0.15) is 29.3 Å². The predicted octanol–water partition coefficient (Wildman–Crippen LogP) is 3.30. The van der Waals surface area contributed by atoms with Crippen LogP contribution in [-0.4, -0.2) is 5.78 Å². The van der Waals surface area contributed by atoms with Crippen LogP contribution in [0.4, 0.5) is 13.2 Å². The van der Waals surface area contributed by atoms with Crippen molar-refractivity contribution >= 4 is 5.78 Å². The number of alkyl halides is 3. The molecule has 0 aromatic heterocycles. The molecule has 1 aromatic carbocycles. The molecule has 0 atom stereocenters. The standard InChI is InChI=1S/C10H9F3O/c1-2-9(14)7-4-3-5-8(6-7)10(11,12)13/h3-6H,2H2,1H3. The molecule has 1 aromatic rings. The van der Waals surface area contributed by atoms with E-state index in [1.807, 2.05) is 0 Å². The Hall–Kier alpha value is -1.32. The number of halogens is 3. The fourth-order valence-corrected chi connectivity index (χ4v) is 1.07. The highest BCUT2D eigenvalue weighted by Gasteiger charge is 2.30. The Balaban J connectivity index is 3.08. The zero-order chi connectivity index (χ0) is 10.8. The number of carbonyl (C=O) groups is 1. The summed E-state index contributed by atoms with van der Waals surface area (Å²) in [7, 11) is 0. The molecule has 0 spiro atoms. The Morgan fingerprint density at radius 1 is 1.36 bits per heavy atom. The van der Waals surface area contributed by atoms with Crippen molar-refractivity contribution in [2.75, 3.05) is 0 Å². The van der Waals surface area contributed by atoms with Crippen LogP contribution >= 0.6 is 0 Å². The van der Waals surface area contributed by atoms with Crippen LogP contribution in [0.15, 0.2) is 24.3 Å². The van der Waals surface area contributed by atoms with Crippen molar-refractivity contribution in [2.24, 2.45) is 0 Å². The molecule has 1 nitrogen and oxygen atoms in total. The summed E-state index contributed by atoms with van der Waals surface area (Å²) in [5.74, 6) is -0.281. The van der Waals surface area contributed by atoms with Crippen LogP contribution in [0.25, 0.3) is 0 Å². The number of ketones is 1. The number of hydrogen-bond donors (Lipinski definition) is 0. The predicted molar refractivity (Wildman–Crippen MR) is 46.1 cm³/mol. The number of Topliss-reactive ketones (excluding diaryl/α,β-unsaturated/α-hetero) is 1. The molecule has 0 N–H and O–H groups in total. The van der Waals surface area contributed by atoms with Gasteiger partial charge in [-0.3, -0.25) is 4.79 Å². The van der Waals surface area contributed by atoms with E-state index in [2.05, 4.69) is 0 Å². The molecule has 0 aliphatic heterocycles. The topological polar surface area (TPSA) is 17.1 Å². The summed E-state index contributed by atoms with van der Waals surface area (Å²) >= 11 is 0. The van der Waals surface area contributed by atoms with E-state index in [-0.39, 0.29) is 17.8 Å². The molecule has 4 heteroatoms. The van der Waals surface area contributed by atoms with Gasteiger partial charge in [-0.15, -0.1) is 0 Å². The first-order valence-electron chi connectivity index (χ1n) is 4.15. The van der Waals surface area contributed by atoms with E-state index in [0.717, 1.165) is 12.1 Å². The number of hydrogen-bond acceptors (Lipinski definition) is 1. The molecule has 0 aliphatic rings. The Bertz CT molecular complexity index is 341. The van der Waals surface area contributed by atoms with E-state index < -0.39 is 11.7 Å². The normalized spacial score (nSPS) is 11.4. The van der Waals surface area contributed by atoms with Gasteiger partial charge in [0.2, 0.25) is 0 Å². The van der Waals surface area contributed by atoms with Crippen molar-refractivity contribution < 1.29 is 18.0 Å². The minimum absolute atomic E-state index is 0.113. The van der Waals surface area contributed by atoms with Gasteiger partial charge in [-0.25, -0.2) is 0 Å². The average molecular weight is 202 g/mol. The fraction of sp³-hybridized carbons (Fsp3) is 0.300. The van der Waals surface area contributed by atoms with Gasteiger partial charge in [0.05, 0.1) is 5.56 Å². The van der Waals surface area contributed by atoms with E-state index in [9.17, 15) is 18.0 Å². The molecule has 0 bridgehead atoms. The lowest BCUT2D eigenvalue weighted by atomic mass is 10.1. The van der Waals surface area contributed by atoms with E-state index in [1.165, 1.54) is 12.1 Å². The lowest BCUT2D eigenvalue weighted by Gasteiger charge is -2.07. The number of benzene rings is 1. The van der Waals surface area contributed by atoms with Gasteiger partial charge in [0.15, 0.2) is 5.78 Å². The second-order valence-corrected chi connectivity index (χ2v) is 2.86. The molecule has 0 radical (unpaired) electrons. The Morgan fingerprint density at radius 3 is 2.50 bits per heavy atom. The van der Waals surface area contributed by atoms with E-state index >= 15 is 0 Å². The van der Waals surface area contributed by atoms with Gasteiger partial charge in [-0.2, -0.15) is 13.2 Å². The smallest absolute Gasteiger partial charge is 0.294 e. The third-order valence-electron chi connectivity index (χ3n) is 1.83. The molecule has 0 saturated carbocycles. The van der Waals surface area contributed by atoms with Crippen molar-refractivity contribution in [1.82, 2.24) is 0 Å². The van der Waals surface area contributed by atoms with E-state index in [4.69, 9.17) is 0 Å².